The normalized spacial score (nSPS) is 10.2. The molecule has 0 aromatic carbocycles. The Hall–Kier alpha value is -0.630. The van der Waals surface area contributed by atoms with Crippen LogP contribution in [-0.2, 0) is 4.79 Å². The number of rotatable bonds is 5. The largest absolute Gasteiger partial charge is 0.309 e. The third kappa shape index (κ3) is 5.80. The average molecular weight is 154 g/mol. The van der Waals surface area contributed by atoms with Crippen LogP contribution >= 0.6 is 0 Å². The fourth-order valence-electron chi connectivity index (χ4n) is 0.628. The molecular weight excluding hydrogens is 138 g/mol. The molecule has 0 aliphatic heterocycles. The van der Waals surface area contributed by atoms with E-state index in [-0.39, 0.29) is 5.78 Å². The van der Waals surface area contributed by atoms with Crippen molar-refractivity contribution < 1.29 is 4.79 Å². The van der Waals surface area contributed by atoms with Crippen molar-refractivity contribution in [1.82, 2.24) is 4.90 Å². The molecule has 0 heterocycles. The molecule has 0 fully saturated rings. The highest BCUT2D eigenvalue weighted by Crippen LogP contribution is 1.97. The lowest BCUT2D eigenvalue weighted by molar-refractivity contribution is -0.112. The Morgan fingerprint density at radius 2 is 2.09 bits per heavy atom. The van der Waals surface area contributed by atoms with Crippen LogP contribution in [0.4, 0.5) is 0 Å². The second-order valence-electron chi connectivity index (χ2n) is 2.94. The monoisotopic (exact) mass is 154 g/mol. The van der Waals surface area contributed by atoms with Gasteiger partial charge in [0.05, 0.1) is 0 Å². The zero-order valence-corrected chi connectivity index (χ0v) is 7.55. The van der Waals surface area contributed by atoms with Crippen LogP contribution in [0.5, 0.6) is 0 Å². The van der Waals surface area contributed by atoms with Gasteiger partial charge in [-0.25, -0.2) is 0 Å². The van der Waals surface area contributed by atoms with Crippen molar-refractivity contribution in [2.24, 2.45) is 0 Å². The summed E-state index contributed by atoms with van der Waals surface area (Å²) >= 11 is 0. The van der Waals surface area contributed by atoms with Gasteiger partial charge in [-0.3, -0.25) is 4.79 Å². The molecule has 0 saturated carbocycles. The van der Waals surface area contributed by atoms with Gasteiger partial charge in [0, 0.05) is 6.42 Å². The summed E-state index contributed by atoms with van der Waals surface area (Å²) in [6.07, 6.45) is 2.49. The van der Waals surface area contributed by atoms with Crippen molar-refractivity contribution in [1.29, 1.82) is 0 Å². The number of carbonyl (C=O) groups excluding carboxylic acids is 1. The molecule has 0 aromatic rings. The summed E-state index contributed by atoms with van der Waals surface area (Å²) in [5.74, 6) is 0.0619. The molecule has 0 spiro atoms. The molecule has 2 heteroatoms. The summed E-state index contributed by atoms with van der Waals surface area (Å²) in [6, 6.07) is 0. The zero-order valence-electron chi connectivity index (χ0n) is 7.55. The van der Waals surface area contributed by atoms with Gasteiger partial charge in [-0.15, -0.1) is 0 Å². The first-order valence-electron chi connectivity index (χ1n) is 3.72. The summed E-state index contributed by atoms with van der Waals surface area (Å²) in [5, 5.41) is 0. The van der Waals surface area contributed by atoms with Gasteiger partial charge in [0.15, 0.2) is 5.78 Å². The van der Waals surface area contributed by atoms with Crippen LogP contribution in [0.15, 0.2) is 12.2 Å². The van der Waals surface area contributed by atoms with Crippen molar-refractivity contribution in [2.75, 3.05) is 20.6 Å². The number of Topliss-reactive ketones (excluding diaryl/α,β-unsaturated/α-hetero) is 1. The van der Waals surface area contributed by atoms with Gasteiger partial charge in [-0.05, 0) is 39.6 Å². The minimum atomic E-state index is 0.0619. The number of carbonyl (C=O) groups is 1. The summed E-state index contributed by atoms with van der Waals surface area (Å²) < 4.78 is 0. The zero-order chi connectivity index (χ0) is 8.85. The van der Waals surface area contributed by atoms with Crippen LogP contribution in [-0.4, -0.2) is 31.3 Å². The molecule has 0 aromatic heterocycles. The Morgan fingerprint density at radius 1 is 1.55 bits per heavy atom. The van der Waals surface area contributed by atoms with Crippen LogP contribution in [0.1, 0.15) is 13.3 Å². The van der Waals surface area contributed by atoms with Crippen LogP contribution in [0.3, 0.4) is 0 Å². The van der Waals surface area contributed by atoms with E-state index in [9.17, 15) is 4.79 Å². The fourth-order valence-corrected chi connectivity index (χ4v) is 0.628. The second kappa shape index (κ2) is 5.08. The van der Waals surface area contributed by atoms with E-state index in [0.717, 1.165) is 13.0 Å². The summed E-state index contributed by atoms with van der Waals surface area (Å²) in [5.41, 5.74) is 0.615. The Morgan fingerprint density at radius 3 is 2.45 bits per heavy atom. The lowest BCUT2D eigenvalue weighted by Crippen LogP contribution is -2.14. The van der Waals surface area contributed by atoms with Gasteiger partial charge in [0.1, 0.15) is 0 Å². The van der Waals surface area contributed by atoms with E-state index in [1.165, 1.54) is 0 Å². The second-order valence-corrected chi connectivity index (χ2v) is 2.94. The van der Waals surface area contributed by atoms with E-state index in [1.54, 1.807) is 13.3 Å². The van der Waals surface area contributed by atoms with Gasteiger partial charge in [0.25, 0.3) is 0 Å². The van der Waals surface area contributed by atoms with Crippen LogP contribution in [0.2, 0.25) is 0 Å². The van der Waals surface area contributed by atoms with Crippen molar-refractivity contribution in [2.45, 2.75) is 13.3 Å². The van der Waals surface area contributed by atoms with Gasteiger partial charge in [-0.1, -0.05) is 6.58 Å². The number of allylic oxidation sites excluding steroid dienone is 1. The third-order valence-corrected chi connectivity index (χ3v) is 1.33. The third-order valence-electron chi connectivity index (χ3n) is 1.33. The molecule has 0 aliphatic rings. The van der Waals surface area contributed by atoms with Crippen molar-refractivity contribution in [3.8, 4) is 0 Å². The fraction of sp³-hybridized carbons (Fsp3) is 0.556. The summed E-state index contributed by atoms with van der Waals surface area (Å²) in [6.45, 7) is 6.20. The quantitative estimate of drug-likeness (QED) is 0.556. The molecule has 0 aliphatic carbocycles. The highest BCUT2D eigenvalue weighted by atomic mass is 16.1. The predicted octanol–water partition coefficient (Wildman–Crippen LogP) is 1.29. The van der Waals surface area contributed by atoms with Crippen molar-refractivity contribution in [3.63, 3.8) is 0 Å². The lowest BCUT2D eigenvalue weighted by Gasteiger charge is -2.07. The maximum Gasteiger partial charge on any atom is 0.161 e. The van der Waals surface area contributed by atoms with Crippen LogP contribution in [0, 0.1) is 6.42 Å². The van der Waals surface area contributed by atoms with Gasteiger partial charge in [0.2, 0.25) is 0 Å². The first-order valence-corrected chi connectivity index (χ1v) is 3.72. The highest BCUT2D eigenvalue weighted by molar-refractivity contribution is 6.00. The Balaban J connectivity index is 3.40. The van der Waals surface area contributed by atoms with Crippen LogP contribution < -0.4 is 0 Å². The smallest absolute Gasteiger partial charge is 0.161 e. The Labute approximate surface area is 68.9 Å². The minimum Gasteiger partial charge on any atom is -0.309 e. The highest BCUT2D eigenvalue weighted by Gasteiger charge is 2.01. The van der Waals surface area contributed by atoms with Crippen molar-refractivity contribution in [3.05, 3.63) is 18.6 Å². The first kappa shape index (κ1) is 10.4. The number of hydrogen-bond acceptors (Lipinski definition) is 2. The van der Waals surface area contributed by atoms with E-state index in [2.05, 4.69) is 6.58 Å². The molecule has 0 unspecified atom stereocenters. The minimum absolute atomic E-state index is 0.0619. The Bertz CT molecular complexity index is 150. The molecule has 0 saturated heterocycles. The van der Waals surface area contributed by atoms with Gasteiger partial charge >= 0.3 is 0 Å². The van der Waals surface area contributed by atoms with Crippen LogP contribution in [0.25, 0.3) is 0 Å². The maximum atomic E-state index is 11.0. The molecule has 0 bridgehead atoms. The molecule has 1 radical (unpaired) electrons. The summed E-state index contributed by atoms with van der Waals surface area (Å²) in [4.78, 5) is 13.0. The predicted molar refractivity (Wildman–Crippen MR) is 47.3 cm³/mol. The van der Waals surface area contributed by atoms with E-state index in [4.69, 9.17) is 0 Å². The van der Waals surface area contributed by atoms with Crippen molar-refractivity contribution >= 4 is 5.78 Å². The van der Waals surface area contributed by atoms with E-state index in [1.807, 2.05) is 19.0 Å². The standard InChI is InChI=1S/C9H16NO/c1-8(2)9(11)6-5-7-10(3)4/h6H,1,5,7H2,2-4H3. The maximum absolute atomic E-state index is 11.0. The van der Waals surface area contributed by atoms with Gasteiger partial charge < -0.3 is 4.90 Å². The molecule has 0 rings (SSSR count). The lowest BCUT2D eigenvalue weighted by atomic mass is 10.1. The molecular formula is C9H16NO. The number of hydrogen-bond donors (Lipinski definition) is 0. The first-order chi connectivity index (χ1) is 5.04. The molecule has 11 heavy (non-hydrogen) atoms. The molecule has 0 atom stereocenters. The molecule has 63 valence electrons. The van der Waals surface area contributed by atoms with Gasteiger partial charge in [-0.2, -0.15) is 0 Å². The van der Waals surface area contributed by atoms with E-state index in [0.29, 0.717) is 5.57 Å². The molecule has 2 nitrogen and oxygen atoms in total. The molecule has 0 N–H and O–H groups in total. The number of ketones is 1. The Kier molecular flexibility index (Phi) is 4.79. The SMILES string of the molecule is C=C(C)C(=O)[CH]CCN(C)C. The number of nitrogens with zero attached hydrogens (tertiary/aromatic N) is 1. The average Bonchev–Trinajstić information content (AvgIpc) is 1.86. The van der Waals surface area contributed by atoms with E-state index < -0.39 is 0 Å². The van der Waals surface area contributed by atoms with E-state index >= 15 is 0 Å². The molecule has 0 amide bonds. The summed E-state index contributed by atoms with van der Waals surface area (Å²) in [7, 11) is 3.97. The topological polar surface area (TPSA) is 20.3 Å².